The van der Waals surface area contributed by atoms with Gasteiger partial charge in [-0.3, -0.25) is 9.69 Å². The van der Waals surface area contributed by atoms with Crippen LogP contribution in [0.3, 0.4) is 0 Å². The van der Waals surface area contributed by atoms with Gasteiger partial charge in [-0.25, -0.2) is 9.59 Å². The van der Waals surface area contributed by atoms with Gasteiger partial charge in [0.25, 0.3) is 0 Å². The van der Waals surface area contributed by atoms with E-state index in [1.165, 1.54) is 0 Å². The second-order valence-corrected chi connectivity index (χ2v) is 5.60. The molecule has 1 amide bonds. The third kappa shape index (κ3) is 4.11. The molecule has 2 atom stereocenters. The molecule has 1 fully saturated rings. The highest BCUT2D eigenvalue weighted by atomic mass is 16.6. The Bertz CT molecular complexity index is 386. The zero-order chi connectivity index (χ0) is 14.8. The van der Waals surface area contributed by atoms with Crippen molar-refractivity contribution in [3.63, 3.8) is 0 Å². The molecule has 1 aliphatic rings. The summed E-state index contributed by atoms with van der Waals surface area (Å²) in [5.41, 5.74) is -0.754. The molecule has 0 aromatic carbocycles. The average Bonchev–Trinajstić information content (AvgIpc) is 2.25. The molecule has 0 spiro atoms. The molecule has 7 nitrogen and oxygen atoms in total. The summed E-state index contributed by atoms with van der Waals surface area (Å²) < 4.78 is 5.12. The Hall–Kier alpha value is -1.79. The summed E-state index contributed by atoms with van der Waals surface area (Å²) >= 11 is 0. The summed E-state index contributed by atoms with van der Waals surface area (Å²) in [6.45, 7) is 4.86. The van der Waals surface area contributed by atoms with Crippen molar-refractivity contribution in [2.75, 3.05) is 6.54 Å². The Kier molecular flexibility index (Phi) is 4.39. The van der Waals surface area contributed by atoms with Crippen LogP contribution in [0.1, 0.15) is 33.6 Å². The quantitative estimate of drug-likeness (QED) is 0.782. The van der Waals surface area contributed by atoms with E-state index in [0.29, 0.717) is 0 Å². The first-order valence-electron chi connectivity index (χ1n) is 6.07. The Morgan fingerprint density at radius 3 is 2.11 bits per heavy atom. The van der Waals surface area contributed by atoms with Gasteiger partial charge < -0.3 is 14.9 Å². The van der Waals surface area contributed by atoms with Crippen LogP contribution in [0, 0.1) is 5.92 Å². The summed E-state index contributed by atoms with van der Waals surface area (Å²) in [6, 6.07) is -1.02. The summed E-state index contributed by atoms with van der Waals surface area (Å²) in [5.74, 6) is -2.92. The van der Waals surface area contributed by atoms with Crippen molar-refractivity contribution in [1.82, 2.24) is 4.90 Å². The predicted octanol–water partition coefficient (Wildman–Crippen LogP) is 1.17. The molecule has 1 saturated heterocycles. The number of carboxylic acid groups (broad SMARTS) is 2. The first-order chi connectivity index (χ1) is 8.61. The van der Waals surface area contributed by atoms with Crippen molar-refractivity contribution in [1.29, 1.82) is 0 Å². The monoisotopic (exact) mass is 273 g/mol. The maximum absolute atomic E-state index is 11.9. The van der Waals surface area contributed by atoms with Crippen molar-refractivity contribution in [3.8, 4) is 0 Å². The second kappa shape index (κ2) is 5.46. The van der Waals surface area contributed by atoms with E-state index in [9.17, 15) is 14.4 Å². The van der Waals surface area contributed by atoms with E-state index in [4.69, 9.17) is 14.9 Å². The van der Waals surface area contributed by atoms with E-state index in [0.717, 1.165) is 4.90 Å². The molecule has 0 unspecified atom stereocenters. The maximum Gasteiger partial charge on any atom is 0.411 e. The topological polar surface area (TPSA) is 104 Å². The largest absolute Gasteiger partial charge is 0.481 e. The Morgan fingerprint density at radius 1 is 1.11 bits per heavy atom. The van der Waals surface area contributed by atoms with Crippen molar-refractivity contribution in [3.05, 3.63) is 0 Å². The Morgan fingerprint density at radius 2 is 1.68 bits per heavy atom. The van der Waals surface area contributed by atoms with Crippen molar-refractivity contribution in [2.24, 2.45) is 5.92 Å². The smallest absolute Gasteiger partial charge is 0.411 e. The number of aliphatic carboxylic acids is 2. The van der Waals surface area contributed by atoms with Gasteiger partial charge in [0.05, 0.1) is 5.92 Å². The van der Waals surface area contributed by atoms with E-state index < -0.39 is 35.6 Å². The third-order valence-corrected chi connectivity index (χ3v) is 2.84. The Balaban J connectivity index is 2.85. The number of likely N-dealkylation sites (tertiary alicyclic amines) is 1. The van der Waals surface area contributed by atoms with E-state index in [1.54, 1.807) is 20.8 Å². The number of hydrogen-bond donors (Lipinski definition) is 2. The molecule has 0 aromatic heterocycles. The van der Waals surface area contributed by atoms with Gasteiger partial charge in [-0.2, -0.15) is 0 Å². The average molecular weight is 273 g/mol. The fraction of sp³-hybridized carbons (Fsp3) is 0.750. The van der Waals surface area contributed by atoms with Gasteiger partial charge in [0.1, 0.15) is 11.6 Å². The standard InChI is InChI=1S/C12H19NO6/c1-12(2,3)19-11(18)13-6-7(9(14)15)4-5-8(13)10(16)17/h7-8H,4-6H2,1-3H3,(H,14,15)(H,16,17)/t7-,8-/m1/s1. The Labute approximate surface area is 111 Å². The van der Waals surface area contributed by atoms with Crippen LogP contribution in [-0.2, 0) is 14.3 Å². The lowest BCUT2D eigenvalue weighted by Crippen LogP contribution is -2.53. The van der Waals surface area contributed by atoms with Crippen molar-refractivity contribution in [2.45, 2.75) is 45.3 Å². The van der Waals surface area contributed by atoms with Gasteiger partial charge in [-0.1, -0.05) is 0 Å². The molecule has 1 heterocycles. The minimum absolute atomic E-state index is 0.117. The molecule has 2 N–H and O–H groups in total. The van der Waals surface area contributed by atoms with Crippen LogP contribution in [-0.4, -0.2) is 51.3 Å². The van der Waals surface area contributed by atoms with Crippen LogP contribution in [0.15, 0.2) is 0 Å². The first kappa shape index (κ1) is 15.3. The molecule has 19 heavy (non-hydrogen) atoms. The number of amides is 1. The number of carboxylic acids is 2. The van der Waals surface area contributed by atoms with Gasteiger partial charge in [-0.05, 0) is 33.6 Å². The lowest BCUT2D eigenvalue weighted by molar-refractivity contribution is -0.151. The van der Waals surface area contributed by atoms with Crippen LogP contribution >= 0.6 is 0 Å². The lowest BCUT2D eigenvalue weighted by atomic mass is 9.93. The normalized spacial score (nSPS) is 23.8. The van der Waals surface area contributed by atoms with Gasteiger partial charge in [0.2, 0.25) is 0 Å². The highest BCUT2D eigenvalue weighted by molar-refractivity contribution is 5.81. The number of hydrogen-bond acceptors (Lipinski definition) is 4. The number of carbonyl (C=O) groups is 3. The molecule has 1 aliphatic heterocycles. The molecule has 0 saturated carbocycles. The van der Waals surface area contributed by atoms with E-state index in [1.807, 2.05) is 0 Å². The second-order valence-electron chi connectivity index (χ2n) is 5.60. The van der Waals surface area contributed by atoms with Crippen LogP contribution < -0.4 is 0 Å². The maximum atomic E-state index is 11.9. The molecular formula is C12H19NO6. The van der Waals surface area contributed by atoms with E-state index >= 15 is 0 Å². The minimum Gasteiger partial charge on any atom is -0.481 e. The molecule has 7 heteroatoms. The fourth-order valence-corrected chi connectivity index (χ4v) is 1.95. The molecule has 1 rings (SSSR count). The zero-order valence-corrected chi connectivity index (χ0v) is 11.3. The number of ether oxygens (including phenoxy) is 1. The SMILES string of the molecule is CC(C)(C)OC(=O)N1C[C@H](C(=O)O)CC[C@@H]1C(=O)O. The summed E-state index contributed by atoms with van der Waals surface area (Å²) in [4.78, 5) is 35.0. The first-order valence-corrected chi connectivity index (χ1v) is 6.07. The van der Waals surface area contributed by atoms with Gasteiger partial charge in [0.15, 0.2) is 0 Å². The number of piperidine rings is 1. The van der Waals surface area contributed by atoms with Crippen LogP contribution in [0.25, 0.3) is 0 Å². The number of rotatable bonds is 2. The zero-order valence-electron chi connectivity index (χ0n) is 11.3. The third-order valence-electron chi connectivity index (χ3n) is 2.84. The molecule has 108 valence electrons. The molecular weight excluding hydrogens is 254 g/mol. The highest BCUT2D eigenvalue weighted by Crippen LogP contribution is 2.24. The molecule has 0 aliphatic carbocycles. The lowest BCUT2D eigenvalue weighted by Gasteiger charge is -2.36. The van der Waals surface area contributed by atoms with Crippen molar-refractivity contribution >= 4 is 18.0 Å². The molecule has 0 aromatic rings. The van der Waals surface area contributed by atoms with E-state index in [-0.39, 0.29) is 19.4 Å². The minimum atomic E-state index is -1.14. The number of carbonyl (C=O) groups excluding carboxylic acids is 1. The van der Waals surface area contributed by atoms with Crippen molar-refractivity contribution < 1.29 is 29.3 Å². The molecule has 0 radical (unpaired) electrons. The molecule has 0 bridgehead atoms. The predicted molar refractivity (Wildman–Crippen MR) is 64.7 cm³/mol. The van der Waals surface area contributed by atoms with E-state index in [2.05, 4.69) is 0 Å². The summed E-state index contributed by atoms with van der Waals surface area (Å²) in [5, 5.41) is 18.1. The summed E-state index contributed by atoms with van der Waals surface area (Å²) in [6.07, 6.45) is -0.428. The van der Waals surface area contributed by atoms with Crippen LogP contribution in [0.2, 0.25) is 0 Å². The summed E-state index contributed by atoms with van der Waals surface area (Å²) in [7, 11) is 0. The van der Waals surface area contributed by atoms with Gasteiger partial charge in [0, 0.05) is 6.54 Å². The highest BCUT2D eigenvalue weighted by Gasteiger charge is 2.40. The van der Waals surface area contributed by atoms with Crippen LogP contribution in [0.4, 0.5) is 4.79 Å². The van der Waals surface area contributed by atoms with Gasteiger partial charge >= 0.3 is 18.0 Å². The fourth-order valence-electron chi connectivity index (χ4n) is 1.95. The van der Waals surface area contributed by atoms with Crippen LogP contribution in [0.5, 0.6) is 0 Å². The van der Waals surface area contributed by atoms with Gasteiger partial charge in [-0.15, -0.1) is 0 Å². The number of nitrogens with zero attached hydrogens (tertiary/aromatic N) is 1.